The molecule has 1 rings (SSSR count). The lowest BCUT2D eigenvalue weighted by molar-refractivity contribution is 0.425. The monoisotopic (exact) mass is 209 g/mol. The van der Waals surface area contributed by atoms with Crippen LogP contribution in [0.1, 0.15) is 0 Å². The fourth-order valence-corrected chi connectivity index (χ4v) is 1.56. The average Bonchev–Trinajstić information content (AvgIpc) is 2.05. The molecule has 0 aliphatic rings. The molecule has 0 atom stereocenters. The number of benzene rings is 1. The zero-order chi connectivity index (χ0) is 9.19. The van der Waals surface area contributed by atoms with Crippen LogP contribution in [0, 0.1) is 0 Å². The van der Waals surface area contributed by atoms with Crippen LogP contribution in [-0.2, 0) is 10.0 Å². The number of halogens is 2. The minimum atomic E-state index is -4.02. The molecule has 0 aliphatic carbocycles. The molecule has 0 spiro atoms. The lowest BCUT2D eigenvalue weighted by Crippen LogP contribution is -2.14. The first-order valence-corrected chi connectivity index (χ1v) is 4.80. The first-order chi connectivity index (χ1) is 5.56. The van der Waals surface area contributed by atoms with Crippen molar-refractivity contribution in [2.75, 3.05) is 0 Å². The van der Waals surface area contributed by atoms with Crippen LogP contribution < -0.4 is 4.94 Å². The van der Waals surface area contributed by atoms with Gasteiger partial charge in [0.25, 0.3) is 10.0 Å². The van der Waals surface area contributed by atoms with Crippen molar-refractivity contribution >= 4 is 21.6 Å². The summed E-state index contributed by atoms with van der Waals surface area (Å²) in [6.07, 6.45) is 0. The highest BCUT2D eigenvalue weighted by Gasteiger charge is 2.12. The van der Waals surface area contributed by atoms with E-state index in [1.165, 1.54) is 18.2 Å². The van der Waals surface area contributed by atoms with Crippen molar-refractivity contribution in [1.29, 1.82) is 0 Å². The highest BCUT2D eigenvalue weighted by molar-refractivity contribution is 7.89. The van der Waals surface area contributed by atoms with Crippen molar-refractivity contribution in [3.63, 3.8) is 0 Å². The lowest BCUT2D eigenvalue weighted by atomic mass is 10.4. The van der Waals surface area contributed by atoms with E-state index in [4.69, 9.17) is 11.6 Å². The van der Waals surface area contributed by atoms with Crippen molar-refractivity contribution in [3.8, 4) is 0 Å². The van der Waals surface area contributed by atoms with Gasteiger partial charge in [-0.2, -0.15) is 0 Å². The quantitative estimate of drug-likeness (QED) is 0.751. The smallest absolute Gasteiger partial charge is 0.205 e. The van der Waals surface area contributed by atoms with Gasteiger partial charge >= 0.3 is 0 Å². The first kappa shape index (κ1) is 9.44. The van der Waals surface area contributed by atoms with Crippen molar-refractivity contribution < 1.29 is 12.9 Å². The Hall–Kier alpha value is -0.650. The third-order valence-corrected chi connectivity index (χ3v) is 2.52. The molecule has 1 aromatic carbocycles. The second kappa shape index (κ2) is 3.38. The van der Waals surface area contributed by atoms with E-state index in [0.717, 1.165) is 6.07 Å². The Kier molecular flexibility index (Phi) is 2.66. The maximum atomic E-state index is 11.7. The van der Waals surface area contributed by atoms with Crippen LogP contribution in [-0.4, -0.2) is 8.42 Å². The Morgan fingerprint density at radius 2 is 2.08 bits per heavy atom. The summed E-state index contributed by atoms with van der Waals surface area (Å²) in [6.45, 7) is 0. The topological polar surface area (TPSA) is 46.2 Å². The van der Waals surface area contributed by atoms with E-state index < -0.39 is 10.0 Å². The highest BCUT2D eigenvalue weighted by Crippen LogP contribution is 2.14. The van der Waals surface area contributed by atoms with Gasteiger partial charge in [-0.3, -0.25) is 0 Å². The van der Waals surface area contributed by atoms with Crippen molar-refractivity contribution in [3.05, 3.63) is 29.3 Å². The summed E-state index contributed by atoms with van der Waals surface area (Å²) in [5.41, 5.74) is 0. The summed E-state index contributed by atoms with van der Waals surface area (Å²) in [7, 11) is -4.02. The van der Waals surface area contributed by atoms with Gasteiger partial charge in [0.1, 0.15) is 0 Å². The van der Waals surface area contributed by atoms with Gasteiger partial charge in [-0.05, 0) is 23.1 Å². The molecule has 0 saturated carbocycles. The maximum absolute atomic E-state index is 11.7. The van der Waals surface area contributed by atoms with Crippen molar-refractivity contribution in [2.24, 2.45) is 0 Å². The molecular formula is C6H5ClFNO2S. The Bertz CT molecular complexity index is 379. The van der Waals surface area contributed by atoms with E-state index in [1.807, 2.05) is 0 Å². The normalized spacial score (nSPS) is 11.5. The van der Waals surface area contributed by atoms with Crippen LogP contribution in [0.5, 0.6) is 0 Å². The van der Waals surface area contributed by atoms with E-state index in [0.29, 0.717) is 4.94 Å². The molecule has 0 amide bonds. The predicted octanol–water partition coefficient (Wildman–Crippen LogP) is 1.50. The second-order valence-corrected chi connectivity index (χ2v) is 4.11. The number of nitrogens with one attached hydrogen (secondary N) is 1. The molecule has 0 heterocycles. The zero-order valence-electron chi connectivity index (χ0n) is 5.79. The van der Waals surface area contributed by atoms with Crippen molar-refractivity contribution in [1.82, 2.24) is 4.94 Å². The molecule has 0 aliphatic heterocycles. The Morgan fingerprint density at radius 3 is 2.58 bits per heavy atom. The molecule has 0 radical (unpaired) electrons. The third-order valence-electron chi connectivity index (χ3n) is 1.21. The molecule has 12 heavy (non-hydrogen) atoms. The standard InChI is InChI=1S/C6H5ClFNO2S/c7-5-2-1-3-6(4-5)12(10,11)9-8/h1-4,9H. The first-order valence-electron chi connectivity index (χ1n) is 2.94. The van der Waals surface area contributed by atoms with E-state index in [-0.39, 0.29) is 9.92 Å². The van der Waals surface area contributed by atoms with E-state index in [2.05, 4.69) is 0 Å². The molecule has 3 nitrogen and oxygen atoms in total. The van der Waals surface area contributed by atoms with E-state index in [9.17, 15) is 12.9 Å². The van der Waals surface area contributed by atoms with Gasteiger partial charge in [-0.1, -0.05) is 17.7 Å². The summed E-state index contributed by atoms with van der Waals surface area (Å²) in [5, 5.41) is 0.242. The molecule has 1 N–H and O–H groups in total. The lowest BCUT2D eigenvalue weighted by Gasteiger charge is -1.98. The Morgan fingerprint density at radius 1 is 1.42 bits per heavy atom. The van der Waals surface area contributed by atoms with Crippen LogP contribution in [0.3, 0.4) is 0 Å². The minimum absolute atomic E-state index is 0.197. The van der Waals surface area contributed by atoms with Gasteiger partial charge in [-0.15, -0.1) is 4.48 Å². The summed E-state index contributed by atoms with van der Waals surface area (Å²) in [5.74, 6) is 0. The molecule has 0 unspecified atom stereocenters. The van der Waals surface area contributed by atoms with Crippen LogP contribution in [0.2, 0.25) is 5.02 Å². The van der Waals surface area contributed by atoms with Crippen molar-refractivity contribution in [2.45, 2.75) is 4.90 Å². The number of rotatable bonds is 2. The van der Waals surface area contributed by atoms with Crippen LogP contribution >= 0.6 is 11.6 Å². The minimum Gasteiger partial charge on any atom is -0.205 e. The van der Waals surface area contributed by atoms with Gasteiger partial charge in [0.2, 0.25) is 0 Å². The van der Waals surface area contributed by atoms with Gasteiger partial charge in [0.15, 0.2) is 0 Å². The zero-order valence-corrected chi connectivity index (χ0v) is 7.36. The maximum Gasteiger partial charge on any atom is 0.266 e. The number of hydrogen-bond acceptors (Lipinski definition) is 2. The molecule has 0 saturated heterocycles. The van der Waals surface area contributed by atoms with Gasteiger partial charge in [0.05, 0.1) is 4.90 Å². The molecule has 6 heteroatoms. The Labute approximate surface area is 74.1 Å². The SMILES string of the molecule is O=S(=O)(NF)c1cccc(Cl)c1. The second-order valence-electron chi connectivity index (χ2n) is 2.04. The molecule has 0 fully saturated rings. The van der Waals surface area contributed by atoms with Gasteiger partial charge < -0.3 is 0 Å². The fraction of sp³-hybridized carbons (Fsp3) is 0. The fourth-order valence-electron chi connectivity index (χ4n) is 0.679. The summed E-state index contributed by atoms with van der Waals surface area (Å²) in [6, 6.07) is 5.32. The van der Waals surface area contributed by atoms with Crippen LogP contribution in [0.4, 0.5) is 4.48 Å². The molecular weight excluding hydrogens is 205 g/mol. The predicted molar refractivity (Wildman–Crippen MR) is 42.9 cm³/mol. The average molecular weight is 210 g/mol. The Balaban J connectivity index is 3.21. The van der Waals surface area contributed by atoms with Crippen LogP contribution in [0.25, 0.3) is 0 Å². The van der Waals surface area contributed by atoms with E-state index in [1.54, 1.807) is 0 Å². The molecule has 1 aromatic rings. The number of sulfonamides is 1. The molecule has 66 valence electrons. The molecule has 0 bridgehead atoms. The summed E-state index contributed by atoms with van der Waals surface area (Å²) >= 11 is 5.49. The summed E-state index contributed by atoms with van der Waals surface area (Å²) < 4.78 is 33.3. The van der Waals surface area contributed by atoms with E-state index >= 15 is 0 Å². The summed E-state index contributed by atoms with van der Waals surface area (Å²) in [4.78, 5) is 0.502. The third kappa shape index (κ3) is 1.94. The van der Waals surface area contributed by atoms with Crippen LogP contribution in [0.15, 0.2) is 29.2 Å². The highest BCUT2D eigenvalue weighted by atomic mass is 35.5. The largest absolute Gasteiger partial charge is 0.266 e. The van der Waals surface area contributed by atoms with Gasteiger partial charge in [0, 0.05) is 5.02 Å². The number of hydrogen-bond donors (Lipinski definition) is 1. The molecule has 0 aromatic heterocycles. The van der Waals surface area contributed by atoms with Gasteiger partial charge in [-0.25, -0.2) is 8.42 Å².